The summed E-state index contributed by atoms with van der Waals surface area (Å²) in [5.41, 5.74) is 5.41. The predicted molar refractivity (Wildman–Crippen MR) is 224 cm³/mol. The molecule has 0 N–H and O–H groups in total. The van der Waals surface area contributed by atoms with Crippen LogP contribution in [0.15, 0.2) is 72.1 Å². The molecule has 7 rings (SSSR count). The summed E-state index contributed by atoms with van der Waals surface area (Å²) < 4.78 is 29.7. The van der Waals surface area contributed by atoms with E-state index in [9.17, 15) is 18.4 Å². The van der Waals surface area contributed by atoms with Crippen molar-refractivity contribution in [3.05, 3.63) is 137 Å². The number of allylic oxidation sites excluding steroid dienone is 3. The maximum absolute atomic E-state index is 14.9. The molecule has 288 valence electrons. The van der Waals surface area contributed by atoms with Gasteiger partial charge in [-0.15, -0.1) is 0 Å². The highest BCUT2D eigenvalue weighted by molar-refractivity contribution is 6.57. The van der Waals surface area contributed by atoms with Gasteiger partial charge in [0.1, 0.15) is 5.82 Å². The second-order valence-corrected chi connectivity index (χ2v) is 16.8. The topological polar surface area (TPSA) is 66.4 Å². The van der Waals surface area contributed by atoms with E-state index in [-0.39, 0.29) is 71.5 Å². The number of para-hydroxylation sites is 2. The van der Waals surface area contributed by atoms with Crippen molar-refractivity contribution in [3.8, 4) is 0 Å². The van der Waals surface area contributed by atoms with Gasteiger partial charge in [-0.25, -0.2) is 18.7 Å². The number of nitrogens with zero attached hydrogens (tertiary/aromatic N) is 4. The highest BCUT2D eigenvalue weighted by atomic mass is 35.5. The third-order valence-corrected chi connectivity index (χ3v) is 12.1. The maximum atomic E-state index is 14.9. The Bertz CT molecular complexity index is 2360. The van der Waals surface area contributed by atoms with Crippen LogP contribution in [0.25, 0.3) is 11.0 Å². The molecule has 0 saturated carbocycles. The minimum absolute atomic E-state index is 0.0289. The molecule has 4 aromatic carbocycles. The van der Waals surface area contributed by atoms with Gasteiger partial charge in [-0.3, -0.25) is 19.4 Å². The van der Waals surface area contributed by atoms with Crippen LogP contribution >= 0.6 is 46.4 Å². The minimum Gasteiger partial charge on any atom is -0.288 e. The molecule has 5 aromatic rings. The minimum atomic E-state index is -1.05. The number of halogens is 6. The van der Waals surface area contributed by atoms with E-state index in [0.29, 0.717) is 17.5 Å². The van der Waals surface area contributed by atoms with Crippen LogP contribution < -0.4 is 9.80 Å². The second-order valence-electron chi connectivity index (χ2n) is 15.3. The summed E-state index contributed by atoms with van der Waals surface area (Å²) in [4.78, 5) is 42.1. The van der Waals surface area contributed by atoms with Gasteiger partial charge in [-0.1, -0.05) is 138 Å². The number of Topliss-reactive ketones (excluding diaryl/α,β-unsaturated/α-hetero) is 2. The molecule has 0 spiro atoms. The molecule has 12 heteroatoms. The number of fused-ring (bicyclic) bond motifs is 3. The zero-order chi connectivity index (χ0) is 40.7. The fourth-order valence-corrected chi connectivity index (χ4v) is 8.54. The van der Waals surface area contributed by atoms with Crippen molar-refractivity contribution in [3.63, 3.8) is 0 Å². The molecule has 2 aliphatic rings. The highest BCUT2D eigenvalue weighted by Gasteiger charge is 2.43. The number of aromatic nitrogens is 2. The van der Waals surface area contributed by atoms with Gasteiger partial charge in [0.2, 0.25) is 0 Å². The number of anilines is 4. The van der Waals surface area contributed by atoms with Crippen molar-refractivity contribution in [2.75, 3.05) is 9.80 Å². The number of benzene rings is 4. The molecule has 0 unspecified atom stereocenters. The summed E-state index contributed by atoms with van der Waals surface area (Å²) >= 11 is 25.7. The molecule has 6 nitrogen and oxygen atoms in total. The maximum Gasteiger partial charge on any atom is 0.199 e. The summed E-state index contributed by atoms with van der Waals surface area (Å²) in [7, 11) is 0. The number of rotatable bonds is 7. The Morgan fingerprint density at radius 1 is 0.554 bits per heavy atom. The number of hydrogen-bond acceptors (Lipinski definition) is 6. The summed E-state index contributed by atoms with van der Waals surface area (Å²) in [6.07, 6.45) is 3.12. The first kappa shape index (κ1) is 39.9. The van der Waals surface area contributed by atoms with Gasteiger partial charge in [0.05, 0.1) is 59.2 Å². The van der Waals surface area contributed by atoms with E-state index in [1.807, 2.05) is 46.2 Å². The standard InChI is InChI=1S/C44H38Cl4F2N4O2/c1-19(2)23-11-9-12-24(20(3)4)39(23)53-32(16-15-27-41(55)33-34(42(27)56)36(46)38(48)37(47)35(33)45)54(40-25(21(5)6)13-10-14-26(40)22(7)8)44-43(53)51-30-17-28(49)29(50)18-31(30)52-44/h9-22H,1-8H3. The lowest BCUT2D eigenvalue weighted by Gasteiger charge is -2.32. The lowest BCUT2D eigenvalue weighted by atomic mass is 9.91. The molecule has 0 fully saturated rings. The second kappa shape index (κ2) is 14.9. The molecule has 0 saturated heterocycles. The average molecular weight is 835 g/mol. The summed E-state index contributed by atoms with van der Waals surface area (Å²) in [6, 6.07) is 14.3. The van der Waals surface area contributed by atoms with Crippen LogP contribution in [0.5, 0.6) is 0 Å². The molecule has 0 radical (unpaired) electrons. The zero-order valence-electron chi connectivity index (χ0n) is 32.0. The molecule has 2 heterocycles. The summed E-state index contributed by atoms with van der Waals surface area (Å²) in [5.74, 6) is -2.14. The number of ketones is 2. The van der Waals surface area contributed by atoms with Crippen LogP contribution in [-0.2, 0) is 0 Å². The van der Waals surface area contributed by atoms with Crippen molar-refractivity contribution < 1.29 is 18.4 Å². The third kappa shape index (κ3) is 6.30. The van der Waals surface area contributed by atoms with E-state index in [0.717, 1.165) is 45.8 Å². The largest absolute Gasteiger partial charge is 0.288 e. The van der Waals surface area contributed by atoms with Gasteiger partial charge in [0.25, 0.3) is 0 Å². The van der Waals surface area contributed by atoms with Crippen LogP contribution in [0.3, 0.4) is 0 Å². The fraction of sp³-hybridized carbons (Fsp3) is 0.273. The van der Waals surface area contributed by atoms with Gasteiger partial charge in [0.15, 0.2) is 34.8 Å². The molecule has 0 amide bonds. The van der Waals surface area contributed by atoms with E-state index in [1.54, 1.807) is 6.08 Å². The highest BCUT2D eigenvalue weighted by Crippen LogP contribution is 2.54. The van der Waals surface area contributed by atoms with E-state index < -0.39 is 23.2 Å². The lowest BCUT2D eigenvalue weighted by molar-refractivity contribution is 0.0989. The van der Waals surface area contributed by atoms with Gasteiger partial charge >= 0.3 is 0 Å². The Balaban J connectivity index is 1.64. The quantitative estimate of drug-likeness (QED) is 0.0704. The van der Waals surface area contributed by atoms with Crippen LogP contribution in [-0.4, -0.2) is 21.5 Å². The zero-order valence-corrected chi connectivity index (χ0v) is 35.0. The predicted octanol–water partition coefficient (Wildman–Crippen LogP) is 14.2. The Morgan fingerprint density at radius 2 is 0.893 bits per heavy atom. The first-order chi connectivity index (χ1) is 26.5. The molecular weight excluding hydrogens is 796 g/mol. The summed E-state index contributed by atoms with van der Waals surface area (Å²) in [5, 5.41) is -0.587. The molecular formula is C44H38Cl4F2N4O2. The van der Waals surface area contributed by atoms with Crippen LogP contribution in [0.4, 0.5) is 31.8 Å². The van der Waals surface area contributed by atoms with E-state index >= 15 is 0 Å². The van der Waals surface area contributed by atoms with Gasteiger partial charge < -0.3 is 0 Å². The molecule has 1 aliphatic carbocycles. The Hall–Kier alpha value is -4.34. The molecule has 1 aromatic heterocycles. The normalized spacial score (nSPS) is 14.1. The van der Waals surface area contributed by atoms with Crippen molar-refractivity contribution in [2.45, 2.75) is 79.1 Å². The van der Waals surface area contributed by atoms with Crippen LogP contribution in [0.1, 0.15) is 122 Å². The smallest absolute Gasteiger partial charge is 0.199 e. The number of carbonyl (C=O) groups excluding carboxylic acids is 2. The van der Waals surface area contributed by atoms with Crippen molar-refractivity contribution >= 4 is 92.0 Å². The molecule has 56 heavy (non-hydrogen) atoms. The van der Waals surface area contributed by atoms with Crippen molar-refractivity contribution in [1.29, 1.82) is 0 Å². The fourth-order valence-electron chi connectivity index (χ4n) is 7.52. The average Bonchev–Trinajstić information content (AvgIpc) is 3.59. The monoisotopic (exact) mass is 832 g/mol. The SMILES string of the molecule is CC(C)c1cccc(C(C)C)c1N1C(=CC=C2C(=O)c3c(Cl)c(Cl)c(Cl)c(Cl)c3C2=O)N(c2c(C(C)C)cccc2C(C)C)c2nc3cc(F)c(F)cc3nc21. The van der Waals surface area contributed by atoms with E-state index in [4.69, 9.17) is 56.4 Å². The Labute approximate surface area is 344 Å². The van der Waals surface area contributed by atoms with E-state index in [2.05, 4.69) is 55.4 Å². The van der Waals surface area contributed by atoms with Crippen LogP contribution in [0.2, 0.25) is 20.1 Å². The van der Waals surface area contributed by atoms with Crippen molar-refractivity contribution in [1.82, 2.24) is 9.97 Å². The van der Waals surface area contributed by atoms with Crippen LogP contribution in [0, 0.1) is 11.6 Å². The van der Waals surface area contributed by atoms with Gasteiger partial charge in [0, 0.05) is 12.1 Å². The van der Waals surface area contributed by atoms with Crippen molar-refractivity contribution in [2.24, 2.45) is 0 Å². The van der Waals surface area contributed by atoms with Gasteiger partial charge in [-0.05, 0) is 58.1 Å². The molecule has 1 aliphatic heterocycles. The third-order valence-electron chi connectivity index (χ3n) is 10.3. The molecule has 0 atom stereocenters. The number of hydrogen-bond donors (Lipinski definition) is 0. The Morgan fingerprint density at radius 3 is 1.21 bits per heavy atom. The Kier molecular flexibility index (Phi) is 10.6. The summed E-state index contributed by atoms with van der Waals surface area (Å²) in [6.45, 7) is 16.7. The molecule has 0 bridgehead atoms. The first-order valence-electron chi connectivity index (χ1n) is 18.4. The first-order valence-corrected chi connectivity index (χ1v) is 19.9. The number of carbonyl (C=O) groups is 2. The van der Waals surface area contributed by atoms with Gasteiger partial charge in [-0.2, -0.15) is 0 Å². The lowest BCUT2D eigenvalue weighted by Crippen LogP contribution is -2.26. The van der Waals surface area contributed by atoms with E-state index in [1.165, 1.54) is 6.08 Å².